The molecule has 0 heterocycles. The van der Waals surface area contributed by atoms with Crippen LogP contribution in [0.1, 0.15) is 46.0 Å². The second-order valence-corrected chi connectivity index (χ2v) is 4.22. The van der Waals surface area contributed by atoms with Crippen LogP contribution in [0, 0.1) is 11.8 Å². The van der Waals surface area contributed by atoms with Crippen molar-refractivity contribution in [3.05, 3.63) is 0 Å². The average molecular weight is 155 g/mol. The maximum absolute atomic E-state index is 5.67. The molecule has 11 heavy (non-hydrogen) atoms. The molecule has 0 bridgehead atoms. The Balaban J connectivity index is 1.93. The van der Waals surface area contributed by atoms with Gasteiger partial charge in [-0.25, -0.2) is 0 Å². The van der Waals surface area contributed by atoms with Crippen LogP contribution in [0.4, 0.5) is 0 Å². The van der Waals surface area contributed by atoms with E-state index in [1.165, 1.54) is 32.1 Å². The quantitative estimate of drug-likeness (QED) is 0.648. The highest BCUT2D eigenvalue weighted by atomic mass is 14.6. The molecule has 1 nitrogen and oxygen atoms in total. The van der Waals surface area contributed by atoms with Crippen LogP contribution in [0.25, 0.3) is 0 Å². The lowest BCUT2D eigenvalue weighted by Gasteiger charge is -2.10. The van der Waals surface area contributed by atoms with Gasteiger partial charge in [0.25, 0.3) is 0 Å². The van der Waals surface area contributed by atoms with E-state index in [0.717, 1.165) is 11.8 Å². The molecule has 0 saturated heterocycles. The molecule has 1 saturated carbocycles. The lowest BCUT2D eigenvalue weighted by atomic mass is 9.98. The Hall–Kier alpha value is -0.0400. The fourth-order valence-corrected chi connectivity index (χ4v) is 1.66. The Morgan fingerprint density at radius 2 is 1.91 bits per heavy atom. The van der Waals surface area contributed by atoms with Crippen molar-refractivity contribution in [1.29, 1.82) is 0 Å². The highest BCUT2D eigenvalue weighted by molar-refractivity contribution is 4.78. The molecule has 1 heteroatoms. The van der Waals surface area contributed by atoms with Gasteiger partial charge in [-0.05, 0) is 38.0 Å². The Morgan fingerprint density at radius 3 is 2.36 bits per heavy atom. The molecular weight excluding hydrogens is 134 g/mol. The van der Waals surface area contributed by atoms with Crippen LogP contribution in [0.15, 0.2) is 0 Å². The number of nitrogens with two attached hydrogens (primary N) is 1. The number of rotatable bonds is 5. The highest BCUT2D eigenvalue weighted by Crippen LogP contribution is 2.38. The minimum absolute atomic E-state index is 0.404. The van der Waals surface area contributed by atoms with Crippen LogP contribution in [0.3, 0.4) is 0 Å². The molecule has 1 fully saturated rings. The molecule has 0 aromatic rings. The van der Waals surface area contributed by atoms with Gasteiger partial charge in [-0.3, -0.25) is 0 Å². The summed E-state index contributed by atoms with van der Waals surface area (Å²) >= 11 is 0. The Labute approximate surface area is 70.4 Å². The zero-order valence-electron chi connectivity index (χ0n) is 7.84. The first kappa shape index (κ1) is 9.05. The summed E-state index contributed by atoms with van der Waals surface area (Å²) in [5.41, 5.74) is 5.67. The number of hydrogen-bond donors (Lipinski definition) is 1. The first-order chi connectivity index (χ1) is 5.20. The van der Waals surface area contributed by atoms with Gasteiger partial charge in [0.2, 0.25) is 0 Å². The monoisotopic (exact) mass is 155 g/mol. The molecule has 0 aromatic heterocycles. The van der Waals surface area contributed by atoms with Crippen LogP contribution in [0.2, 0.25) is 0 Å². The predicted molar refractivity (Wildman–Crippen MR) is 49.4 cm³/mol. The number of hydrogen-bond acceptors (Lipinski definition) is 1. The molecule has 1 aliphatic rings. The standard InChI is InChI=1S/C10H21N/c1-8(10-6-7-10)4-3-5-9(2)11/h8-10H,3-7,11H2,1-2H3. The molecule has 0 aliphatic heterocycles. The Morgan fingerprint density at radius 1 is 1.27 bits per heavy atom. The summed E-state index contributed by atoms with van der Waals surface area (Å²) in [6, 6.07) is 0.404. The molecule has 1 rings (SSSR count). The van der Waals surface area contributed by atoms with Crippen LogP contribution < -0.4 is 5.73 Å². The van der Waals surface area contributed by atoms with Crippen molar-refractivity contribution < 1.29 is 0 Å². The van der Waals surface area contributed by atoms with Crippen LogP contribution >= 0.6 is 0 Å². The van der Waals surface area contributed by atoms with E-state index in [1.54, 1.807) is 0 Å². The topological polar surface area (TPSA) is 26.0 Å². The van der Waals surface area contributed by atoms with Crippen molar-refractivity contribution >= 4 is 0 Å². The second-order valence-electron chi connectivity index (χ2n) is 4.22. The van der Waals surface area contributed by atoms with Crippen molar-refractivity contribution in [2.75, 3.05) is 0 Å². The van der Waals surface area contributed by atoms with Gasteiger partial charge in [0.05, 0.1) is 0 Å². The highest BCUT2D eigenvalue weighted by Gasteiger charge is 2.26. The van der Waals surface area contributed by atoms with E-state index in [0.29, 0.717) is 6.04 Å². The Kier molecular flexibility index (Phi) is 3.38. The molecule has 1 aliphatic carbocycles. The van der Waals surface area contributed by atoms with Gasteiger partial charge in [-0.1, -0.05) is 19.8 Å². The van der Waals surface area contributed by atoms with E-state index in [9.17, 15) is 0 Å². The van der Waals surface area contributed by atoms with E-state index < -0.39 is 0 Å². The maximum atomic E-state index is 5.67. The SMILES string of the molecule is CC(N)CCCC(C)C1CC1. The van der Waals surface area contributed by atoms with Gasteiger partial charge in [0.15, 0.2) is 0 Å². The minimum Gasteiger partial charge on any atom is -0.328 e. The van der Waals surface area contributed by atoms with Gasteiger partial charge in [-0.15, -0.1) is 0 Å². The first-order valence-corrected chi connectivity index (χ1v) is 4.95. The molecule has 2 N–H and O–H groups in total. The summed E-state index contributed by atoms with van der Waals surface area (Å²) in [6.45, 7) is 4.49. The van der Waals surface area contributed by atoms with Crippen molar-refractivity contribution in [2.45, 2.75) is 52.0 Å². The van der Waals surface area contributed by atoms with E-state index in [1.807, 2.05) is 0 Å². The third-order valence-corrected chi connectivity index (χ3v) is 2.75. The van der Waals surface area contributed by atoms with E-state index in [4.69, 9.17) is 5.73 Å². The molecule has 0 spiro atoms. The van der Waals surface area contributed by atoms with E-state index in [2.05, 4.69) is 13.8 Å². The molecule has 2 unspecified atom stereocenters. The van der Waals surface area contributed by atoms with Crippen molar-refractivity contribution in [3.63, 3.8) is 0 Å². The average Bonchev–Trinajstić information content (AvgIpc) is 2.66. The van der Waals surface area contributed by atoms with Crippen molar-refractivity contribution in [3.8, 4) is 0 Å². The summed E-state index contributed by atoms with van der Waals surface area (Å²) in [7, 11) is 0. The summed E-state index contributed by atoms with van der Waals surface area (Å²) in [6.07, 6.45) is 6.90. The maximum Gasteiger partial charge on any atom is 0.00104 e. The van der Waals surface area contributed by atoms with Crippen molar-refractivity contribution in [1.82, 2.24) is 0 Å². The molecule has 0 amide bonds. The van der Waals surface area contributed by atoms with Crippen molar-refractivity contribution in [2.24, 2.45) is 17.6 Å². The second kappa shape index (κ2) is 4.10. The van der Waals surface area contributed by atoms with Gasteiger partial charge >= 0.3 is 0 Å². The van der Waals surface area contributed by atoms with E-state index in [-0.39, 0.29) is 0 Å². The normalized spacial score (nSPS) is 23.2. The molecule has 0 aromatic carbocycles. The lowest BCUT2D eigenvalue weighted by molar-refractivity contribution is 0.435. The largest absolute Gasteiger partial charge is 0.328 e. The van der Waals surface area contributed by atoms with Gasteiger partial charge in [-0.2, -0.15) is 0 Å². The smallest absolute Gasteiger partial charge is 0.00104 e. The summed E-state index contributed by atoms with van der Waals surface area (Å²) in [5, 5.41) is 0. The van der Waals surface area contributed by atoms with Crippen LogP contribution in [-0.4, -0.2) is 6.04 Å². The molecule has 2 atom stereocenters. The third-order valence-electron chi connectivity index (χ3n) is 2.75. The van der Waals surface area contributed by atoms with E-state index >= 15 is 0 Å². The summed E-state index contributed by atoms with van der Waals surface area (Å²) < 4.78 is 0. The zero-order valence-corrected chi connectivity index (χ0v) is 7.84. The minimum atomic E-state index is 0.404. The summed E-state index contributed by atoms with van der Waals surface area (Å²) in [5.74, 6) is 2.04. The lowest BCUT2D eigenvalue weighted by Crippen LogP contribution is -2.14. The fraction of sp³-hybridized carbons (Fsp3) is 1.00. The third kappa shape index (κ3) is 3.76. The van der Waals surface area contributed by atoms with Gasteiger partial charge < -0.3 is 5.73 Å². The zero-order chi connectivity index (χ0) is 8.27. The van der Waals surface area contributed by atoms with Gasteiger partial charge in [0.1, 0.15) is 0 Å². The molecular formula is C10H21N. The summed E-state index contributed by atoms with van der Waals surface area (Å²) in [4.78, 5) is 0. The fourth-order valence-electron chi connectivity index (χ4n) is 1.66. The molecule has 66 valence electrons. The van der Waals surface area contributed by atoms with Crippen LogP contribution in [0.5, 0.6) is 0 Å². The van der Waals surface area contributed by atoms with Crippen LogP contribution in [-0.2, 0) is 0 Å². The van der Waals surface area contributed by atoms with Gasteiger partial charge in [0, 0.05) is 6.04 Å². The first-order valence-electron chi connectivity index (χ1n) is 4.95. The Bertz CT molecular complexity index is 105. The molecule has 0 radical (unpaired) electrons. The predicted octanol–water partition coefficient (Wildman–Crippen LogP) is 2.55.